The van der Waals surface area contributed by atoms with Gasteiger partial charge in [-0.05, 0) is 11.4 Å². The molecular formula is C9H10O5S2. The Bertz CT molecular complexity index is 472. The van der Waals surface area contributed by atoms with Crippen LogP contribution in [0.3, 0.4) is 0 Å². The summed E-state index contributed by atoms with van der Waals surface area (Å²) in [6.07, 6.45) is 0. The highest BCUT2D eigenvalue weighted by molar-refractivity contribution is 7.92. The quantitative estimate of drug-likeness (QED) is 0.571. The van der Waals surface area contributed by atoms with E-state index in [-0.39, 0.29) is 0 Å². The number of hydrogen-bond donors (Lipinski definition) is 0. The first-order valence-corrected chi connectivity index (χ1v) is 6.98. The van der Waals surface area contributed by atoms with E-state index in [0.717, 1.165) is 7.11 Å². The van der Waals surface area contributed by atoms with Crippen molar-refractivity contribution in [2.75, 3.05) is 18.6 Å². The van der Waals surface area contributed by atoms with E-state index >= 15 is 0 Å². The Kier molecular flexibility index (Phi) is 4.19. The smallest absolute Gasteiger partial charge is 0.320 e. The predicted molar refractivity (Wildman–Crippen MR) is 59.3 cm³/mol. The van der Waals surface area contributed by atoms with Gasteiger partial charge in [-0.25, -0.2) is 8.42 Å². The van der Waals surface area contributed by atoms with Gasteiger partial charge in [0.2, 0.25) is 0 Å². The van der Waals surface area contributed by atoms with Gasteiger partial charge < -0.3 is 4.74 Å². The van der Waals surface area contributed by atoms with Gasteiger partial charge in [0.25, 0.3) is 0 Å². The first-order valence-electron chi connectivity index (χ1n) is 4.28. The van der Waals surface area contributed by atoms with Gasteiger partial charge in [0.1, 0.15) is 11.5 Å². The molecule has 0 fully saturated rings. The summed E-state index contributed by atoms with van der Waals surface area (Å²) in [7, 11) is -2.64. The fourth-order valence-corrected chi connectivity index (χ4v) is 2.89. The van der Waals surface area contributed by atoms with E-state index in [4.69, 9.17) is 0 Å². The highest BCUT2D eigenvalue weighted by Gasteiger charge is 2.22. The van der Waals surface area contributed by atoms with Crippen molar-refractivity contribution in [1.82, 2.24) is 0 Å². The average Bonchev–Trinajstić information content (AvgIpc) is 2.68. The second kappa shape index (κ2) is 5.22. The zero-order valence-corrected chi connectivity index (χ0v) is 10.1. The Labute approximate surface area is 97.0 Å². The first-order chi connectivity index (χ1) is 7.44. The second-order valence-electron chi connectivity index (χ2n) is 3.01. The highest BCUT2D eigenvalue weighted by atomic mass is 32.2. The minimum Gasteiger partial charge on any atom is -0.468 e. The predicted octanol–water partition coefficient (Wildman–Crippen LogP) is 0.519. The lowest BCUT2D eigenvalue weighted by Crippen LogP contribution is -2.24. The lowest BCUT2D eigenvalue weighted by molar-refractivity contribution is -0.137. The molecule has 0 atom stereocenters. The molecule has 0 saturated carbocycles. The highest BCUT2D eigenvalue weighted by Crippen LogP contribution is 2.10. The number of hydrogen-bond acceptors (Lipinski definition) is 6. The van der Waals surface area contributed by atoms with Crippen LogP contribution in [0.15, 0.2) is 17.5 Å². The third kappa shape index (κ3) is 3.74. The molecule has 0 N–H and O–H groups in total. The molecule has 0 aromatic carbocycles. The molecule has 7 heteroatoms. The Morgan fingerprint density at radius 1 is 1.38 bits per heavy atom. The number of Topliss-reactive ketones (excluding diaryl/α,β-unsaturated/α-hetero) is 1. The number of methoxy groups -OCH3 is 1. The lowest BCUT2D eigenvalue weighted by Gasteiger charge is -2.01. The molecule has 0 radical (unpaired) electrons. The lowest BCUT2D eigenvalue weighted by atomic mass is 10.4. The number of carbonyl (C=O) groups is 2. The summed E-state index contributed by atoms with van der Waals surface area (Å²) in [6.45, 7) is 0. The van der Waals surface area contributed by atoms with Gasteiger partial charge in [-0.1, -0.05) is 6.07 Å². The van der Waals surface area contributed by atoms with Crippen LogP contribution in [0.5, 0.6) is 0 Å². The van der Waals surface area contributed by atoms with Crippen LogP contribution < -0.4 is 0 Å². The minimum atomic E-state index is -3.74. The van der Waals surface area contributed by atoms with Crippen molar-refractivity contribution in [3.05, 3.63) is 22.4 Å². The van der Waals surface area contributed by atoms with E-state index in [2.05, 4.69) is 4.74 Å². The first kappa shape index (κ1) is 12.9. The molecular weight excluding hydrogens is 252 g/mol. The number of thiophene rings is 1. The van der Waals surface area contributed by atoms with Crippen molar-refractivity contribution in [2.24, 2.45) is 0 Å². The van der Waals surface area contributed by atoms with Crippen LogP contribution in [0.2, 0.25) is 0 Å². The summed E-state index contributed by atoms with van der Waals surface area (Å²) in [5.74, 6) is -2.79. The third-order valence-electron chi connectivity index (χ3n) is 1.71. The Morgan fingerprint density at radius 2 is 2.06 bits per heavy atom. The molecule has 1 aromatic heterocycles. The van der Waals surface area contributed by atoms with Gasteiger partial charge in [0, 0.05) is 0 Å². The number of ketones is 1. The molecule has 0 aliphatic heterocycles. The topological polar surface area (TPSA) is 77.5 Å². The summed E-state index contributed by atoms with van der Waals surface area (Å²) in [4.78, 5) is 22.6. The standard InChI is InChI=1S/C9H10O5S2/c1-14-9(11)6-16(12,13)5-7(10)8-3-2-4-15-8/h2-4H,5-6H2,1H3. The second-order valence-corrected chi connectivity index (χ2v) is 6.02. The van der Waals surface area contributed by atoms with E-state index in [1.165, 1.54) is 11.3 Å². The number of sulfone groups is 1. The van der Waals surface area contributed by atoms with Gasteiger partial charge in [-0.15, -0.1) is 11.3 Å². The molecule has 0 bridgehead atoms. The Hall–Kier alpha value is -1.21. The molecule has 0 saturated heterocycles. The molecule has 0 aliphatic carbocycles. The van der Waals surface area contributed by atoms with Crippen LogP contribution >= 0.6 is 11.3 Å². The van der Waals surface area contributed by atoms with Crippen LogP contribution in [-0.2, 0) is 19.4 Å². The molecule has 16 heavy (non-hydrogen) atoms. The third-order valence-corrected chi connectivity index (χ3v) is 4.00. The van der Waals surface area contributed by atoms with Crippen molar-refractivity contribution >= 4 is 32.9 Å². The van der Waals surface area contributed by atoms with Crippen molar-refractivity contribution in [2.45, 2.75) is 0 Å². The fraction of sp³-hybridized carbons (Fsp3) is 0.333. The minimum absolute atomic E-state index is 0.369. The maximum absolute atomic E-state index is 11.5. The molecule has 1 heterocycles. The molecule has 0 amide bonds. The summed E-state index contributed by atoms with van der Waals surface area (Å²) < 4.78 is 27.0. The SMILES string of the molecule is COC(=O)CS(=O)(=O)CC(=O)c1cccs1. The van der Waals surface area contributed by atoms with Gasteiger partial charge >= 0.3 is 5.97 Å². The molecule has 0 spiro atoms. The molecule has 88 valence electrons. The molecule has 0 unspecified atom stereocenters. The van der Waals surface area contributed by atoms with Gasteiger partial charge in [-0.2, -0.15) is 0 Å². The van der Waals surface area contributed by atoms with E-state index in [1.807, 2.05) is 0 Å². The van der Waals surface area contributed by atoms with Crippen molar-refractivity contribution in [3.8, 4) is 0 Å². The fourth-order valence-electron chi connectivity index (χ4n) is 0.998. The van der Waals surface area contributed by atoms with Crippen LogP contribution in [0.1, 0.15) is 9.67 Å². The van der Waals surface area contributed by atoms with E-state index in [9.17, 15) is 18.0 Å². The normalized spacial score (nSPS) is 11.1. The summed E-state index contributed by atoms with van der Waals surface area (Å²) in [5, 5.41) is 1.68. The molecule has 1 rings (SSSR count). The van der Waals surface area contributed by atoms with Crippen molar-refractivity contribution < 1.29 is 22.7 Å². The van der Waals surface area contributed by atoms with Gasteiger partial charge in [0.05, 0.1) is 12.0 Å². The average molecular weight is 262 g/mol. The van der Waals surface area contributed by atoms with Crippen LogP contribution in [-0.4, -0.2) is 38.8 Å². The van der Waals surface area contributed by atoms with E-state index < -0.39 is 33.1 Å². The number of carbonyl (C=O) groups excluding carboxylic acids is 2. The van der Waals surface area contributed by atoms with E-state index in [0.29, 0.717) is 4.88 Å². The van der Waals surface area contributed by atoms with Gasteiger partial charge in [0.15, 0.2) is 15.6 Å². The van der Waals surface area contributed by atoms with Crippen molar-refractivity contribution in [3.63, 3.8) is 0 Å². The maximum Gasteiger partial charge on any atom is 0.320 e. The van der Waals surface area contributed by atoms with E-state index in [1.54, 1.807) is 17.5 Å². The van der Waals surface area contributed by atoms with Crippen LogP contribution in [0, 0.1) is 0 Å². The van der Waals surface area contributed by atoms with Gasteiger partial charge in [-0.3, -0.25) is 9.59 Å². The monoisotopic (exact) mass is 262 g/mol. The Balaban J connectivity index is 2.67. The summed E-state index contributed by atoms with van der Waals surface area (Å²) in [6, 6.07) is 3.20. The summed E-state index contributed by atoms with van der Waals surface area (Å²) in [5.41, 5.74) is 0. The van der Waals surface area contributed by atoms with Crippen LogP contribution in [0.25, 0.3) is 0 Å². The molecule has 1 aromatic rings. The van der Waals surface area contributed by atoms with Crippen LogP contribution in [0.4, 0.5) is 0 Å². The number of rotatable bonds is 5. The number of ether oxygens (including phenoxy) is 1. The maximum atomic E-state index is 11.5. The molecule has 5 nitrogen and oxygen atoms in total. The largest absolute Gasteiger partial charge is 0.468 e. The molecule has 0 aliphatic rings. The Morgan fingerprint density at radius 3 is 2.56 bits per heavy atom. The van der Waals surface area contributed by atoms with Crippen molar-refractivity contribution in [1.29, 1.82) is 0 Å². The zero-order chi connectivity index (χ0) is 12.2. The summed E-state index contributed by atoms with van der Waals surface area (Å²) >= 11 is 1.17. The zero-order valence-electron chi connectivity index (χ0n) is 8.50. The number of esters is 1.